The quantitative estimate of drug-likeness (QED) is 0.890. The number of likely N-dealkylation sites (N-methyl/N-ethyl adjacent to an activating group) is 1. The summed E-state index contributed by atoms with van der Waals surface area (Å²) in [5, 5.41) is 13.1. The van der Waals surface area contributed by atoms with E-state index in [1.807, 2.05) is 13.2 Å². The third kappa shape index (κ3) is 3.42. The van der Waals surface area contributed by atoms with E-state index in [2.05, 4.69) is 53.1 Å². The van der Waals surface area contributed by atoms with Crippen LogP contribution < -0.4 is 5.32 Å². The van der Waals surface area contributed by atoms with Crippen LogP contribution in [-0.4, -0.2) is 50.1 Å². The van der Waals surface area contributed by atoms with E-state index in [1.165, 1.54) is 17.9 Å². The molecule has 2 rings (SSSR count). The lowest BCUT2D eigenvalue weighted by Crippen LogP contribution is -2.45. The minimum absolute atomic E-state index is 0.490. The SMILES string of the molecule is CCC1SCCSC1C(Cc1cn(C)nn1)NC. The van der Waals surface area contributed by atoms with Gasteiger partial charge in [-0.05, 0) is 13.5 Å². The first-order valence-corrected chi connectivity index (χ1v) is 8.60. The Morgan fingerprint density at radius 2 is 2.28 bits per heavy atom. The predicted octanol–water partition coefficient (Wildman–Crippen LogP) is 1.57. The summed E-state index contributed by atoms with van der Waals surface area (Å²) in [4.78, 5) is 0. The molecule has 1 N–H and O–H groups in total. The molecule has 0 spiro atoms. The molecule has 0 aromatic carbocycles. The van der Waals surface area contributed by atoms with Gasteiger partial charge in [0.2, 0.25) is 0 Å². The number of hydrogen-bond acceptors (Lipinski definition) is 5. The summed E-state index contributed by atoms with van der Waals surface area (Å²) < 4.78 is 1.78. The molecule has 1 aromatic rings. The zero-order valence-corrected chi connectivity index (χ0v) is 12.9. The average molecular weight is 286 g/mol. The average Bonchev–Trinajstić information content (AvgIpc) is 2.81. The Bertz CT molecular complexity index is 369. The van der Waals surface area contributed by atoms with Crippen molar-refractivity contribution in [3.63, 3.8) is 0 Å². The maximum Gasteiger partial charge on any atom is 0.0842 e. The molecule has 3 unspecified atom stereocenters. The van der Waals surface area contributed by atoms with Crippen LogP contribution in [0.15, 0.2) is 6.20 Å². The number of nitrogens with zero attached hydrogens (tertiary/aromatic N) is 3. The number of nitrogens with one attached hydrogen (secondary N) is 1. The number of aromatic nitrogens is 3. The Morgan fingerprint density at radius 3 is 2.89 bits per heavy atom. The first-order valence-electron chi connectivity index (χ1n) is 6.50. The molecule has 1 aromatic heterocycles. The van der Waals surface area contributed by atoms with Crippen molar-refractivity contribution in [1.29, 1.82) is 0 Å². The lowest BCUT2D eigenvalue weighted by molar-refractivity contribution is 0.512. The highest BCUT2D eigenvalue weighted by atomic mass is 32.2. The zero-order chi connectivity index (χ0) is 13.0. The van der Waals surface area contributed by atoms with Crippen LogP contribution in [0.4, 0.5) is 0 Å². The molecular formula is C12H22N4S2. The molecule has 102 valence electrons. The smallest absolute Gasteiger partial charge is 0.0842 e. The van der Waals surface area contributed by atoms with E-state index in [9.17, 15) is 0 Å². The van der Waals surface area contributed by atoms with Crippen molar-refractivity contribution in [2.24, 2.45) is 7.05 Å². The Labute approximate surface area is 118 Å². The summed E-state index contributed by atoms with van der Waals surface area (Å²) in [5.41, 5.74) is 1.09. The van der Waals surface area contributed by atoms with Gasteiger partial charge in [0.05, 0.1) is 5.69 Å². The zero-order valence-electron chi connectivity index (χ0n) is 11.3. The van der Waals surface area contributed by atoms with E-state index in [0.29, 0.717) is 11.3 Å². The summed E-state index contributed by atoms with van der Waals surface area (Å²) in [6.07, 6.45) is 4.24. The molecule has 0 radical (unpaired) electrons. The first kappa shape index (κ1) is 14.2. The van der Waals surface area contributed by atoms with Gasteiger partial charge in [0.1, 0.15) is 0 Å². The summed E-state index contributed by atoms with van der Waals surface area (Å²) in [6, 6.07) is 0.490. The Balaban J connectivity index is 2.02. The molecule has 1 fully saturated rings. The predicted molar refractivity (Wildman–Crippen MR) is 80.3 cm³/mol. The van der Waals surface area contributed by atoms with Gasteiger partial charge in [0, 0.05) is 47.7 Å². The molecular weight excluding hydrogens is 264 g/mol. The number of aryl methyl sites for hydroxylation is 1. The molecule has 3 atom stereocenters. The molecule has 0 aliphatic carbocycles. The normalized spacial score (nSPS) is 26.2. The van der Waals surface area contributed by atoms with Crippen molar-refractivity contribution in [2.75, 3.05) is 18.6 Å². The maximum atomic E-state index is 4.21. The number of rotatable bonds is 5. The van der Waals surface area contributed by atoms with Gasteiger partial charge in [0.15, 0.2) is 0 Å². The van der Waals surface area contributed by atoms with Crippen LogP contribution in [0.5, 0.6) is 0 Å². The Morgan fingerprint density at radius 1 is 1.50 bits per heavy atom. The summed E-state index contributed by atoms with van der Waals surface area (Å²) in [5.74, 6) is 2.56. The van der Waals surface area contributed by atoms with E-state index in [-0.39, 0.29) is 0 Å². The fraction of sp³-hybridized carbons (Fsp3) is 0.833. The van der Waals surface area contributed by atoms with Crippen LogP contribution >= 0.6 is 23.5 Å². The van der Waals surface area contributed by atoms with Crippen molar-refractivity contribution in [3.05, 3.63) is 11.9 Å². The van der Waals surface area contributed by atoms with Crippen molar-refractivity contribution < 1.29 is 0 Å². The lowest BCUT2D eigenvalue weighted by Gasteiger charge is -2.35. The highest BCUT2D eigenvalue weighted by Gasteiger charge is 2.31. The summed E-state index contributed by atoms with van der Waals surface area (Å²) in [7, 11) is 3.98. The van der Waals surface area contributed by atoms with Gasteiger partial charge in [-0.1, -0.05) is 12.1 Å². The molecule has 1 aliphatic heterocycles. The van der Waals surface area contributed by atoms with Gasteiger partial charge in [-0.25, -0.2) is 0 Å². The topological polar surface area (TPSA) is 42.7 Å². The minimum Gasteiger partial charge on any atom is -0.315 e. The monoisotopic (exact) mass is 286 g/mol. The minimum atomic E-state index is 0.490. The molecule has 1 saturated heterocycles. The molecule has 6 heteroatoms. The van der Waals surface area contributed by atoms with E-state index < -0.39 is 0 Å². The largest absolute Gasteiger partial charge is 0.315 e. The molecule has 0 saturated carbocycles. The number of hydrogen-bond donors (Lipinski definition) is 1. The van der Waals surface area contributed by atoms with E-state index in [4.69, 9.17) is 0 Å². The molecule has 18 heavy (non-hydrogen) atoms. The second kappa shape index (κ2) is 6.82. The van der Waals surface area contributed by atoms with Crippen molar-refractivity contribution in [2.45, 2.75) is 36.3 Å². The van der Waals surface area contributed by atoms with Gasteiger partial charge in [-0.2, -0.15) is 23.5 Å². The molecule has 4 nitrogen and oxygen atoms in total. The second-order valence-corrected chi connectivity index (χ2v) is 7.27. The van der Waals surface area contributed by atoms with Crippen LogP contribution in [0.3, 0.4) is 0 Å². The fourth-order valence-corrected chi connectivity index (χ4v) is 5.71. The highest BCUT2D eigenvalue weighted by Crippen LogP contribution is 2.35. The highest BCUT2D eigenvalue weighted by molar-refractivity contribution is 8.07. The fourth-order valence-electron chi connectivity index (χ4n) is 2.41. The van der Waals surface area contributed by atoms with Crippen molar-refractivity contribution >= 4 is 23.5 Å². The van der Waals surface area contributed by atoms with Crippen LogP contribution in [0, 0.1) is 0 Å². The number of thioether (sulfide) groups is 2. The Kier molecular flexibility index (Phi) is 5.38. The third-order valence-electron chi connectivity index (χ3n) is 3.34. The van der Waals surface area contributed by atoms with Gasteiger partial charge in [-0.3, -0.25) is 4.68 Å². The Hall–Kier alpha value is -0.200. The van der Waals surface area contributed by atoms with Crippen LogP contribution in [-0.2, 0) is 13.5 Å². The van der Waals surface area contributed by atoms with Crippen LogP contribution in [0.25, 0.3) is 0 Å². The third-order valence-corrected chi connectivity index (χ3v) is 6.75. The molecule has 1 aliphatic rings. The molecule has 0 bridgehead atoms. The molecule has 0 amide bonds. The maximum absolute atomic E-state index is 4.21. The van der Waals surface area contributed by atoms with Crippen molar-refractivity contribution in [1.82, 2.24) is 20.3 Å². The first-order chi connectivity index (χ1) is 8.74. The van der Waals surface area contributed by atoms with Crippen LogP contribution in [0.1, 0.15) is 19.0 Å². The second-order valence-electron chi connectivity index (χ2n) is 4.64. The van der Waals surface area contributed by atoms with Crippen LogP contribution in [0.2, 0.25) is 0 Å². The van der Waals surface area contributed by atoms with E-state index in [0.717, 1.165) is 17.4 Å². The van der Waals surface area contributed by atoms with E-state index >= 15 is 0 Å². The molecule has 2 heterocycles. The summed E-state index contributed by atoms with van der Waals surface area (Å²) in [6.45, 7) is 2.30. The van der Waals surface area contributed by atoms with Gasteiger partial charge < -0.3 is 5.32 Å². The van der Waals surface area contributed by atoms with Crippen molar-refractivity contribution in [3.8, 4) is 0 Å². The van der Waals surface area contributed by atoms with Gasteiger partial charge in [0.25, 0.3) is 0 Å². The summed E-state index contributed by atoms with van der Waals surface area (Å²) >= 11 is 4.24. The van der Waals surface area contributed by atoms with E-state index in [1.54, 1.807) is 4.68 Å². The lowest BCUT2D eigenvalue weighted by atomic mass is 10.0. The standard InChI is InChI=1S/C12H22N4S2/c1-4-11-12(18-6-5-17-11)10(13-2)7-9-8-16(3)15-14-9/h8,10-13H,4-7H2,1-3H3. The van der Waals surface area contributed by atoms with Gasteiger partial charge >= 0.3 is 0 Å². The van der Waals surface area contributed by atoms with Gasteiger partial charge in [-0.15, -0.1) is 5.10 Å².